The SMILES string of the molecule is CC(C)c1ccnc(-c2nccs2)n1. The van der Waals surface area contributed by atoms with Crippen molar-refractivity contribution in [1.82, 2.24) is 15.0 Å². The Bertz CT molecular complexity index is 409. The Morgan fingerprint density at radius 1 is 1.21 bits per heavy atom. The van der Waals surface area contributed by atoms with Crippen LogP contribution in [0.15, 0.2) is 23.8 Å². The third-order valence-corrected chi connectivity index (χ3v) is 2.66. The molecule has 0 atom stereocenters. The Hall–Kier alpha value is -1.29. The zero-order valence-corrected chi connectivity index (χ0v) is 8.95. The van der Waals surface area contributed by atoms with Crippen LogP contribution in [0.4, 0.5) is 0 Å². The van der Waals surface area contributed by atoms with Gasteiger partial charge in [-0.3, -0.25) is 0 Å². The highest BCUT2D eigenvalue weighted by molar-refractivity contribution is 7.12. The van der Waals surface area contributed by atoms with E-state index in [1.54, 1.807) is 23.7 Å². The summed E-state index contributed by atoms with van der Waals surface area (Å²) in [4.78, 5) is 12.8. The van der Waals surface area contributed by atoms with Crippen molar-refractivity contribution < 1.29 is 0 Å². The fourth-order valence-corrected chi connectivity index (χ4v) is 1.71. The number of nitrogens with zero attached hydrogens (tertiary/aromatic N) is 3. The van der Waals surface area contributed by atoms with Crippen molar-refractivity contribution in [3.05, 3.63) is 29.5 Å². The lowest BCUT2D eigenvalue weighted by molar-refractivity contribution is 0.816. The second-order valence-electron chi connectivity index (χ2n) is 3.30. The van der Waals surface area contributed by atoms with Crippen molar-refractivity contribution in [2.24, 2.45) is 0 Å². The Kier molecular flexibility index (Phi) is 2.54. The maximum atomic E-state index is 4.45. The number of rotatable bonds is 2. The molecule has 0 radical (unpaired) electrons. The van der Waals surface area contributed by atoms with Gasteiger partial charge in [-0.05, 0) is 12.0 Å². The van der Waals surface area contributed by atoms with Gasteiger partial charge < -0.3 is 0 Å². The highest BCUT2D eigenvalue weighted by Crippen LogP contribution is 2.19. The molecule has 0 spiro atoms. The van der Waals surface area contributed by atoms with E-state index in [2.05, 4.69) is 28.8 Å². The smallest absolute Gasteiger partial charge is 0.188 e. The molecule has 72 valence electrons. The number of aromatic nitrogens is 3. The first kappa shape index (κ1) is 9.27. The maximum Gasteiger partial charge on any atom is 0.188 e. The molecule has 0 bridgehead atoms. The third kappa shape index (κ3) is 1.80. The number of thiazole rings is 1. The van der Waals surface area contributed by atoms with Crippen LogP contribution in [0.1, 0.15) is 25.5 Å². The summed E-state index contributed by atoms with van der Waals surface area (Å²) >= 11 is 1.56. The standard InChI is InChI=1S/C10H11N3S/c1-7(2)8-3-4-11-9(13-8)10-12-5-6-14-10/h3-7H,1-2H3. The van der Waals surface area contributed by atoms with Gasteiger partial charge in [0, 0.05) is 23.5 Å². The minimum Gasteiger partial charge on any atom is -0.241 e. The van der Waals surface area contributed by atoms with Gasteiger partial charge in [0.15, 0.2) is 10.8 Å². The van der Waals surface area contributed by atoms with Crippen molar-refractivity contribution in [3.8, 4) is 10.8 Å². The molecule has 2 aromatic heterocycles. The normalized spacial score (nSPS) is 10.8. The van der Waals surface area contributed by atoms with Crippen LogP contribution in [0, 0.1) is 0 Å². The summed E-state index contributed by atoms with van der Waals surface area (Å²) in [5, 5.41) is 2.81. The summed E-state index contributed by atoms with van der Waals surface area (Å²) in [7, 11) is 0. The van der Waals surface area contributed by atoms with E-state index < -0.39 is 0 Å². The summed E-state index contributed by atoms with van der Waals surface area (Å²) in [6, 6.07) is 1.95. The molecule has 0 saturated heterocycles. The highest BCUT2D eigenvalue weighted by atomic mass is 32.1. The molecule has 0 aliphatic carbocycles. The molecule has 0 aliphatic heterocycles. The molecule has 0 amide bonds. The van der Waals surface area contributed by atoms with Gasteiger partial charge in [0.1, 0.15) is 0 Å². The van der Waals surface area contributed by atoms with Crippen molar-refractivity contribution >= 4 is 11.3 Å². The lowest BCUT2D eigenvalue weighted by Gasteiger charge is -2.03. The highest BCUT2D eigenvalue weighted by Gasteiger charge is 2.06. The largest absolute Gasteiger partial charge is 0.241 e. The van der Waals surface area contributed by atoms with E-state index in [1.165, 1.54) is 0 Å². The molecule has 0 saturated carbocycles. The van der Waals surface area contributed by atoms with E-state index in [9.17, 15) is 0 Å². The molecule has 0 N–H and O–H groups in total. The zero-order chi connectivity index (χ0) is 9.97. The summed E-state index contributed by atoms with van der Waals surface area (Å²) in [6.45, 7) is 4.24. The number of hydrogen-bond donors (Lipinski definition) is 0. The fourth-order valence-electron chi connectivity index (χ4n) is 1.13. The van der Waals surface area contributed by atoms with Gasteiger partial charge in [0.05, 0.1) is 0 Å². The van der Waals surface area contributed by atoms with Crippen LogP contribution in [0.3, 0.4) is 0 Å². The molecular formula is C10H11N3S. The molecule has 0 fully saturated rings. The zero-order valence-electron chi connectivity index (χ0n) is 8.14. The van der Waals surface area contributed by atoms with E-state index in [1.807, 2.05) is 11.4 Å². The summed E-state index contributed by atoms with van der Waals surface area (Å²) < 4.78 is 0. The lowest BCUT2D eigenvalue weighted by Crippen LogP contribution is -1.96. The molecule has 3 nitrogen and oxygen atoms in total. The quantitative estimate of drug-likeness (QED) is 0.756. The Morgan fingerprint density at radius 3 is 2.71 bits per heavy atom. The van der Waals surface area contributed by atoms with Crippen molar-refractivity contribution in [2.75, 3.05) is 0 Å². The van der Waals surface area contributed by atoms with Gasteiger partial charge in [0.2, 0.25) is 0 Å². The van der Waals surface area contributed by atoms with Crippen LogP contribution in [0.2, 0.25) is 0 Å². The van der Waals surface area contributed by atoms with Gasteiger partial charge in [-0.25, -0.2) is 15.0 Å². The molecule has 0 unspecified atom stereocenters. The molecule has 14 heavy (non-hydrogen) atoms. The van der Waals surface area contributed by atoms with Gasteiger partial charge >= 0.3 is 0 Å². The Labute approximate surface area is 86.9 Å². The average Bonchev–Trinajstić information content (AvgIpc) is 2.71. The molecular weight excluding hydrogens is 194 g/mol. The number of hydrogen-bond acceptors (Lipinski definition) is 4. The van der Waals surface area contributed by atoms with Crippen LogP contribution in [0.25, 0.3) is 10.8 Å². The average molecular weight is 205 g/mol. The molecule has 2 aromatic rings. The van der Waals surface area contributed by atoms with Crippen LogP contribution in [-0.2, 0) is 0 Å². The first-order valence-electron chi connectivity index (χ1n) is 4.50. The van der Waals surface area contributed by atoms with Crippen molar-refractivity contribution in [3.63, 3.8) is 0 Å². The Balaban J connectivity index is 2.41. The van der Waals surface area contributed by atoms with Gasteiger partial charge in [0.25, 0.3) is 0 Å². The molecule has 0 aliphatic rings. The van der Waals surface area contributed by atoms with Crippen LogP contribution in [-0.4, -0.2) is 15.0 Å². The second-order valence-corrected chi connectivity index (χ2v) is 4.19. The molecule has 0 aromatic carbocycles. The summed E-state index contributed by atoms with van der Waals surface area (Å²) in [5.74, 6) is 1.16. The topological polar surface area (TPSA) is 38.7 Å². The van der Waals surface area contributed by atoms with Gasteiger partial charge in [-0.2, -0.15) is 0 Å². The summed E-state index contributed by atoms with van der Waals surface area (Å²) in [5.41, 5.74) is 1.06. The van der Waals surface area contributed by atoms with E-state index in [0.29, 0.717) is 5.92 Å². The minimum atomic E-state index is 0.428. The van der Waals surface area contributed by atoms with E-state index in [0.717, 1.165) is 16.5 Å². The van der Waals surface area contributed by atoms with Crippen LogP contribution >= 0.6 is 11.3 Å². The molecule has 2 heterocycles. The fraction of sp³-hybridized carbons (Fsp3) is 0.300. The molecule has 4 heteroatoms. The third-order valence-electron chi connectivity index (χ3n) is 1.89. The van der Waals surface area contributed by atoms with E-state index in [-0.39, 0.29) is 0 Å². The molecule has 2 rings (SSSR count). The van der Waals surface area contributed by atoms with Crippen LogP contribution < -0.4 is 0 Å². The monoisotopic (exact) mass is 205 g/mol. The van der Waals surface area contributed by atoms with Crippen LogP contribution in [0.5, 0.6) is 0 Å². The minimum absolute atomic E-state index is 0.428. The van der Waals surface area contributed by atoms with E-state index >= 15 is 0 Å². The Morgan fingerprint density at radius 2 is 2.07 bits per heavy atom. The summed E-state index contributed by atoms with van der Waals surface area (Å²) in [6.07, 6.45) is 3.56. The lowest BCUT2D eigenvalue weighted by atomic mass is 10.1. The second kappa shape index (κ2) is 3.84. The first-order chi connectivity index (χ1) is 6.77. The van der Waals surface area contributed by atoms with E-state index in [4.69, 9.17) is 0 Å². The predicted octanol–water partition coefficient (Wildman–Crippen LogP) is 2.72. The predicted molar refractivity (Wildman–Crippen MR) is 57.2 cm³/mol. The van der Waals surface area contributed by atoms with Gasteiger partial charge in [-0.15, -0.1) is 11.3 Å². The first-order valence-corrected chi connectivity index (χ1v) is 5.38. The van der Waals surface area contributed by atoms with Crippen molar-refractivity contribution in [2.45, 2.75) is 19.8 Å². The maximum absolute atomic E-state index is 4.45. The van der Waals surface area contributed by atoms with Crippen molar-refractivity contribution in [1.29, 1.82) is 0 Å². The van der Waals surface area contributed by atoms with Gasteiger partial charge in [-0.1, -0.05) is 13.8 Å².